The summed E-state index contributed by atoms with van der Waals surface area (Å²) in [5, 5.41) is 0. The van der Waals surface area contributed by atoms with E-state index in [-0.39, 0.29) is 4.90 Å². The Kier molecular flexibility index (Phi) is 1.87. The van der Waals surface area contributed by atoms with Crippen molar-refractivity contribution >= 4 is 10.2 Å². The highest BCUT2D eigenvalue weighted by Crippen LogP contribution is 2.28. The van der Waals surface area contributed by atoms with Crippen LogP contribution in [0.25, 0.3) is 0 Å². The first kappa shape index (κ1) is 8.69. The molecular weight excluding hydrogens is 191 g/mol. The highest BCUT2D eigenvalue weighted by molar-refractivity contribution is 7.86. The first-order valence-corrected chi connectivity index (χ1v) is 5.53. The molecule has 0 heterocycles. The molecule has 13 heavy (non-hydrogen) atoms. The van der Waals surface area contributed by atoms with Gasteiger partial charge in [-0.3, -0.25) is 0 Å². The van der Waals surface area contributed by atoms with Gasteiger partial charge in [-0.1, -0.05) is 12.1 Å². The number of hydrogen-bond acceptors (Lipinski definition) is 2. The summed E-state index contributed by atoms with van der Waals surface area (Å²) >= 11 is 0. The lowest BCUT2D eigenvalue weighted by molar-refractivity contribution is 0.551. The molecule has 0 amide bonds. The van der Waals surface area contributed by atoms with Crippen LogP contribution in [0.3, 0.4) is 0 Å². The van der Waals surface area contributed by atoms with Gasteiger partial charge in [0.25, 0.3) is 0 Å². The maximum atomic E-state index is 12.7. The third-order valence-corrected chi connectivity index (χ3v) is 3.27. The van der Waals surface area contributed by atoms with Gasteiger partial charge in [0.2, 0.25) is 0 Å². The van der Waals surface area contributed by atoms with Gasteiger partial charge in [-0.05, 0) is 36.5 Å². The van der Waals surface area contributed by atoms with Gasteiger partial charge in [0.1, 0.15) is 4.90 Å². The molecule has 1 aromatic rings. The van der Waals surface area contributed by atoms with Gasteiger partial charge in [-0.2, -0.15) is 8.42 Å². The Labute approximate surface area is 76.6 Å². The fourth-order valence-corrected chi connectivity index (χ4v) is 2.58. The largest absolute Gasteiger partial charge is 0.332 e. The zero-order valence-corrected chi connectivity index (χ0v) is 7.77. The Hall–Kier alpha value is -0.900. The van der Waals surface area contributed by atoms with E-state index in [2.05, 4.69) is 0 Å². The van der Waals surface area contributed by atoms with Crippen LogP contribution >= 0.6 is 0 Å². The minimum absolute atomic E-state index is 0.137. The average molecular weight is 200 g/mol. The second-order valence-corrected chi connectivity index (χ2v) is 4.50. The Bertz CT molecular complexity index is 437. The fourth-order valence-electron chi connectivity index (χ4n) is 1.81. The van der Waals surface area contributed by atoms with Crippen LogP contribution < -0.4 is 0 Å². The predicted molar refractivity (Wildman–Crippen MR) is 46.8 cm³/mol. The standard InChI is InChI=1S/C9H9FO2S/c10-13(11,12)9-6-2-4-7-3-1-5-8(7)9/h2,4,6H,1,3,5H2. The molecule has 0 saturated carbocycles. The topological polar surface area (TPSA) is 34.1 Å². The molecule has 0 aliphatic heterocycles. The van der Waals surface area contributed by atoms with Crippen molar-refractivity contribution in [3.05, 3.63) is 29.3 Å². The third-order valence-electron chi connectivity index (χ3n) is 2.37. The van der Waals surface area contributed by atoms with E-state index in [1.807, 2.05) is 6.07 Å². The minimum atomic E-state index is -4.53. The number of fused-ring (bicyclic) bond motifs is 1. The van der Waals surface area contributed by atoms with Crippen LogP contribution in [0.2, 0.25) is 0 Å². The smallest absolute Gasteiger partial charge is 0.189 e. The summed E-state index contributed by atoms with van der Waals surface area (Å²) in [6.45, 7) is 0. The summed E-state index contributed by atoms with van der Waals surface area (Å²) in [5.41, 5.74) is 1.64. The average Bonchev–Trinajstić information content (AvgIpc) is 2.48. The lowest BCUT2D eigenvalue weighted by Crippen LogP contribution is -1.97. The molecule has 0 aromatic heterocycles. The second-order valence-electron chi connectivity index (χ2n) is 3.19. The SMILES string of the molecule is O=S(=O)(F)c1cccc2c1CCC2. The van der Waals surface area contributed by atoms with E-state index in [0.717, 1.165) is 18.4 Å². The molecule has 2 nitrogen and oxygen atoms in total. The fraction of sp³-hybridized carbons (Fsp3) is 0.333. The molecule has 0 N–H and O–H groups in total. The predicted octanol–water partition coefficient (Wildman–Crippen LogP) is 1.83. The Morgan fingerprint density at radius 3 is 2.69 bits per heavy atom. The number of halogens is 1. The van der Waals surface area contributed by atoms with Gasteiger partial charge in [0, 0.05) is 0 Å². The van der Waals surface area contributed by atoms with Gasteiger partial charge in [-0.25, -0.2) is 0 Å². The molecule has 0 saturated heterocycles. The molecule has 1 aliphatic carbocycles. The van der Waals surface area contributed by atoms with Gasteiger partial charge >= 0.3 is 10.2 Å². The number of rotatable bonds is 1. The van der Waals surface area contributed by atoms with Crippen LogP contribution in [-0.2, 0) is 23.1 Å². The Morgan fingerprint density at radius 1 is 1.23 bits per heavy atom. The first-order valence-electron chi connectivity index (χ1n) is 4.14. The Balaban J connectivity index is 2.67. The summed E-state index contributed by atoms with van der Waals surface area (Å²) in [4.78, 5) is -0.137. The third kappa shape index (κ3) is 1.46. The first-order chi connectivity index (χ1) is 6.09. The van der Waals surface area contributed by atoms with Crippen LogP contribution in [0, 0.1) is 0 Å². The van der Waals surface area contributed by atoms with Gasteiger partial charge < -0.3 is 0 Å². The second kappa shape index (κ2) is 2.80. The maximum absolute atomic E-state index is 12.7. The molecule has 4 heteroatoms. The zero-order valence-electron chi connectivity index (χ0n) is 6.96. The van der Waals surface area contributed by atoms with Crippen molar-refractivity contribution in [3.8, 4) is 0 Å². The van der Waals surface area contributed by atoms with Gasteiger partial charge in [0.05, 0.1) is 0 Å². The van der Waals surface area contributed by atoms with E-state index in [1.54, 1.807) is 6.07 Å². The van der Waals surface area contributed by atoms with E-state index in [4.69, 9.17) is 0 Å². The van der Waals surface area contributed by atoms with Crippen LogP contribution in [0.15, 0.2) is 23.1 Å². The molecule has 0 fully saturated rings. The summed E-state index contributed by atoms with van der Waals surface area (Å²) in [5.74, 6) is 0. The monoisotopic (exact) mass is 200 g/mol. The lowest BCUT2D eigenvalue weighted by Gasteiger charge is -2.02. The number of aryl methyl sites for hydroxylation is 1. The van der Waals surface area contributed by atoms with Crippen molar-refractivity contribution < 1.29 is 12.3 Å². The molecule has 0 radical (unpaired) electrons. The van der Waals surface area contributed by atoms with Crippen LogP contribution in [0.1, 0.15) is 17.5 Å². The van der Waals surface area contributed by atoms with Crippen LogP contribution in [0.4, 0.5) is 3.89 Å². The van der Waals surface area contributed by atoms with Crippen molar-refractivity contribution in [2.45, 2.75) is 24.2 Å². The molecule has 2 rings (SSSR count). The lowest BCUT2D eigenvalue weighted by atomic mass is 10.1. The summed E-state index contributed by atoms with van der Waals surface area (Å²) in [7, 11) is -4.53. The van der Waals surface area contributed by atoms with E-state index >= 15 is 0 Å². The van der Waals surface area contributed by atoms with Gasteiger partial charge in [-0.15, -0.1) is 3.89 Å². The van der Waals surface area contributed by atoms with Crippen LogP contribution in [0.5, 0.6) is 0 Å². The highest BCUT2D eigenvalue weighted by atomic mass is 32.3. The van der Waals surface area contributed by atoms with Gasteiger partial charge in [0.15, 0.2) is 0 Å². The molecule has 0 bridgehead atoms. The molecule has 1 aliphatic rings. The summed E-state index contributed by atoms with van der Waals surface area (Å²) < 4.78 is 34.2. The van der Waals surface area contributed by atoms with Crippen molar-refractivity contribution in [1.29, 1.82) is 0 Å². The number of hydrogen-bond donors (Lipinski definition) is 0. The van der Waals surface area contributed by atoms with Crippen molar-refractivity contribution in [2.75, 3.05) is 0 Å². The molecule has 70 valence electrons. The molecule has 0 atom stereocenters. The van der Waals surface area contributed by atoms with E-state index < -0.39 is 10.2 Å². The summed E-state index contributed by atoms with van der Waals surface area (Å²) in [6.07, 6.45) is 2.45. The number of benzene rings is 1. The Morgan fingerprint density at radius 2 is 2.00 bits per heavy atom. The minimum Gasteiger partial charge on any atom is -0.189 e. The van der Waals surface area contributed by atoms with Crippen molar-refractivity contribution in [1.82, 2.24) is 0 Å². The van der Waals surface area contributed by atoms with E-state index in [9.17, 15) is 12.3 Å². The zero-order chi connectivity index (χ0) is 9.47. The van der Waals surface area contributed by atoms with Crippen molar-refractivity contribution in [2.24, 2.45) is 0 Å². The van der Waals surface area contributed by atoms with Crippen LogP contribution in [-0.4, -0.2) is 8.42 Å². The van der Waals surface area contributed by atoms with Crippen molar-refractivity contribution in [3.63, 3.8) is 0 Å². The molecule has 0 spiro atoms. The molecule has 0 unspecified atom stereocenters. The highest BCUT2D eigenvalue weighted by Gasteiger charge is 2.22. The summed E-state index contributed by atoms with van der Waals surface area (Å²) in [6, 6.07) is 4.78. The quantitative estimate of drug-likeness (QED) is 0.648. The molecular formula is C9H9FO2S. The molecule has 1 aromatic carbocycles. The van der Waals surface area contributed by atoms with E-state index in [1.165, 1.54) is 6.07 Å². The van der Waals surface area contributed by atoms with E-state index in [0.29, 0.717) is 12.0 Å². The normalized spacial score (nSPS) is 15.8. The maximum Gasteiger partial charge on any atom is 0.332 e.